The van der Waals surface area contributed by atoms with Crippen molar-refractivity contribution < 1.29 is 14.6 Å². The lowest BCUT2D eigenvalue weighted by Gasteiger charge is -2.16. The first-order valence-corrected chi connectivity index (χ1v) is 6.00. The van der Waals surface area contributed by atoms with Gasteiger partial charge in [0.25, 0.3) is 0 Å². The van der Waals surface area contributed by atoms with E-state index in [0.29, 0.717) is 6.42 Å². The summed E-state index contributed by atoms with van der Waals surface area (Å²) in [5, 5.41) is 9.97. The van der Waals surface area contributed by atoms with Crippen LogP contribution in [0.15, 0.2) is 24.3 Å². The molecule has 17 heavy (non-hydrogen) atoms. The van der Waals surface area contributed by atoms with E-state index in [-0.39, 0.29) is 12.2 Å². The Morgan fingerprint density at radius 3 is 2.18 bits per heavy atom. The van der Waals surface area contributed by atoms with Gasteiger partial charge < -0.3 is 14.6 Å². The Hall–Kier alpha value is -1.06. The van der Waals surface area contributed by atoms with Crippen LogP contribution >= 0.6 is 0 Å². The molecule has 1 N–H and O–H groups in total. The third-order valence-corrected chi connectivity index (χ3v) is 2.59. The number of aliphatic hydroxyl groups is 1. The van der Waals surface area contributed by atoms with Crippen molar-refractivity contribution in [1.82, 2.24) is 0 Å². The molecule has 3 heteroatoms. The topological polar surface area (TPSA) is 38.7 Å². The van der Waals surface area contributed by atoms with Crippen LogP contribution in [0.1, 0.15) is 38.9 Å². The van der Waals surface area contributed by atoms with Crippen LogP contribution in [0, 0.1) is 0 Å². The summed E-state index contributed by atoms with van der Waals surface area (Å²) in [4.78, 5) is 0. The molecule has 0 saturated carbocycles. The van der Waals surface area contributed by atoms with Gasteiger partial charge in [-0.2, -0.15) is 0 Å². The second-order valence-electron chi connectivity index (χ2n) is 4.53. The van der Waals surface area contributed by atoms with E-state index >= 15 is 0 Å². The molecule has 0 fully saturated rings. The summed E-state index contributed by atoms with van der Waals surface area (Å²) < 4.78 is 10.7. The summed E-state index contributed by atoms with van der Waals surface area (Å²) in [6, 6.07) is 7.56. The minimum atomic E-state index is -0.488. The van der Waals surface area contributed by atoms with Crippen molar-refractivity contribution in [1.29, 1.82) is 0 Å². The molecule has 0 heterocycles. The van der Waals surface area contributed by atoms with Crippen molar-refractivity contribution in [2.24, 2.45) is 0 Å². The Kier molecular flexibility index (Phi) is 5.45. The van der Waals surface area contributed by atoms with Crippen LogP contribution in [0.3, 0.4) is 0 Å². The second kappa shape index (κ2) is 6.62. The molecule has 3 nitrogen and oxygen atoms in total. The zero-order valence-electron chi connectivity index (χ0n) is 11.0. The van der Waals surface area contributed by atoms with E-state index in [9.17, 15) is 5.11 Å². The Morgan fingerprint density at radius 2 is 1.71 bits per heavy atom. The van der Waals surface area contributed by atoms with E-state index in [1.54, 1.807) is 7.11 Å². The third-order valence-electron chi connectivity index (χ3n) is 2.59. The highest BCUT2D eigenvalue weighted by Crippen LogP contribution is 2.22. The van der Waals surface area contributed by atoms with Crippen LogP contribution in [0.5, 0.6) is 5.75 Å². The normalized spacial score (nSPS) is 14.7. The first-order valence-electron chi connectivity index (χ1n) is 6.00. The highest BCUT2D eigenvalue weighted by molar-refractivity contribution is 5.28. The maximum absolute atomic E-state index is 9.97. The Bertz CT molecular complexity index is 319. The number of hydrogen-bond donors (Lipinski definition) is 1. The molecule has 0 aliphatic rings. The van der Waals surface area contributed by atoms with Crippen molar-refractivity contribution in [2.75, 3.05) is 7.11 Å². The second-order valence-corrected chi connectivity index (χ2v) is 4.53. The molecule has 1 aromatic rings. The van der Waals surface area contributed by atoms with E-state index in [2.05, 4.69) is 0 Å². The smallest absolute Gasteiger partial charge is 0.119 e. The zero-order chi connectivity index (χ0) is 12.8. The lowest BCUT2D eigenvalue weighted by molar-refractivity contribution is 0.0559. The summed E-state index contributed by atoms with van der Waals surface area (Å²) in [6.45, 7) is 5.92. The lowest BCUT2D eigenvalue weighted by Crippen LogP contribution is -2.11. The molecule has 0 radical (unpaired) electrons. The van der Waals surface area contributed by atoms with Gasteiger partial charge in [0.15, 0.2) is 0 Å². The number of hydrogen-bond acceptors (Lipinski definition) is 3. The molecule has 0 bridgehead atoms. The van der Waals surface area contributed by atoms with Gasteiger partial charge in [-0.25, -0.2) is 0 Å². The van der Waals surface area contributed by atoms with Gasteiger partial charge in [0, 0.05) is 13.5 Å². The fourth-order valence-electron chi connectivity index (χ4n) is 1.59. The predicted octanol–water partition coefficient (Wildman–Crippen LogP) is 2.93. The van der Waals surface area contributed by atoms with E-state index in [0.717, 1.165) is 11.3 Å². The molecule has 0 amide bonds. The lowest BCUT2D eigenvalue weighted by atomic mass is 10.0. The number of ether oxygens (including phenoxy) is 2. The van der Waals surface area contributed by atoms with Crippen molar-refractivity contribution in [3.05, 3.63) is 29.8 Å². The molecule has 0 aliphatic carbocycles. The van der Waals surface area contributed by atoms with Crippen molar-refractivity contribution in [3.8, 4) is 5.75 Å². The standard InChI is InChI=1S/C14H22O3/c1-10(2)17-13-7-5-12(6-8-13)14(15)9-11(3)16-4/h5-8,10-11,14-15H,9H2,1-4H3. The first kappa shape index (κ1) is 14.0. The van der Waals surface area contributed by atoms with Crippen LogP contribution in [0.4, 0.5) is 0 Å². The number of rotatable bonds is 6. The molecule has 0 spiro atoms. The largest absolute Gasteiger partial charge is 0.491 e. The maximum Gasteiger partial charge on any atom is 0.119 e. The highest BCUT2D eigenvalue weighted by atomic mass is 16.5. The minimum absolute atomic E-state index is 0.0524. The fourth-order valence-corrected chi connectivity index (χ4v) is 1.59. The quantitative estimate of drug-likeness (QED) is 0.828. The minimum Gasteiger partial charge on any atom is -0.491 e. The Morgan fingerprint density at radius 1 is 1.12 bits per heavy atom. The van der Waals surface area contributed by atoms with E-state index in [1.807, 2.05) is 45.0 Å². The van der Waals surface area contributed by atoms with Gasteiger partial charge in [-0.3, -0.25) is 0 Å². The van der Waals surface area contributed by atoms with Gasteiger partial charge in [0.05, 0.1) is 18.3 Å². The van der Waals surface area contributed by atoms with E-state index < -0.39 is 6.10 Å². The zero-order valence-corrected chi connectivity index (χ0v) is 11.0. The Labute approximate surface area is 103 Å². The van der Waals surface area contributed by atoms with Crippen LogP contribution in [0.2, 0.25) is 0 Å². The Balaban J connectivity index is 2.60. The summed E-state index contributed by atoms with van der Waals surface area (Å²) in [7, 11) is 1.65. The SMILES string of the molecule is COC(C)CC(O)c1ccc(OC(C)C)cc1. The highest BCUT2D eigenvalue weighted by Gasteiger charge is 2.12. The summed E-state index contributed by atoms with van der Waals surface area (Å²) in [6.07, 6.45) is 0.329. The molecular weight excluding hydrogens is 216 g/mol. The van der Waals surface area contributed by atoms with Crippen LogP contribution in [-0.2, 0) is 4.74 Å². The maximum atomic E-state index is 9.97. The monoisotopic (exact) mass is 238 g/mol. The van der Waals surface area contributed by atoms with Crippen LogP contribution < -0.4 is 4.74 Å². The summed E-state index contributed by atoms with van der Waals surface area (Å²) in [5.41, 5.74) is 0.894. The van der Waals surface area contributed by atoms with Gasteiger partial charge in [0.2, 0.25) is 0 Å². The van der Waals surface area contributed by atoms with Crippen molar-refractivity contribution >= 4 is 0 Å². The van der Waals surface area contributed by atoms with Crippen LogP contribution in [-0.4, -0.2) is 24.4 Å². The van der Waals surface area contributed by atoms with Crippen molar-refractivity contribution in [2.45, 2.75) is 45.5 Å². The summed E-state index contributed by atoms with van der Waals surface area (Å²) >= 11 is 0. The molecule has 96 valence electrons. The number of methoxy groups -OCH3 is 1. The van der Waals surface area contributed by atoms with Gasteiger partial charge in [-0.15, -0.1) is 0 Å². The predicted molar refractivity (Wildman–Crippen MR) is 68.3 cm³/mol. The number of benzene rings is 1. The van der Waals surface area contributed by atoms with Gasteiger partial charge in [-0.05, 0) is 38.5 Å². The molecule has 0 saturated heterocycles. The van der Waals surface area contributed by atoms with E-state index in [4.69, 9.17) is 9.47 Å². The number of aliphatic hydroxyl groups excluding tert-OH is 1. The average molecular weight is 238 g/mol. The molecular formula is C14H22O3. The summed E-state index contributed by atoms with van der Waals surface area (Å²) in [5.74, 6) is 0.829. The molecule has 1 rings (SSSR count). The molecule has 1 aromatic carbocycles. The van der Waals surface area contributed by atoms with E-state index in [1.165, 1.54) is 0 Å². The molecule has 2 atom stereocenters. The van der Waals surface area contributed by atoms with Gasteiger partial charge in [0.1, 0.15) is 5.75 Å². The molecule has 0 aliphatic heterocycles. The van der Waals surface area contributed by atoms with Crippen molar-refractivity contribution in [3.63, 3.8) is 0 Å². The van der Waals surface area contributed by atoms with Gasteiger partial charge in [-0.1, -0.05) is 12.1 Å². The molecule has 2 unspecified atom stereocenters. The molecule has 0 aromatic heterocycles. The van der Waals surface area contributed by atoms with Crippen LogP contribution in [0.25, 0.3) is 0 Å². The van der Waals surface area contributed by atoms with Gasteiger partial charge >= 0.3 is 0 Å². The fraction of sp³-hybridized carbons (Fsp3) is 0.571. The average Bonchev–Trinajstić information content (AvgIpc) is 2.28. The third kappa shape index (κ3) is 4.75. The first-order chi connectivity index (χ1) is 8.02.